The first-order valence-corrected chi connectivity index (χ1v) is 8.06. The molecule has 2 nitrogen and oxygen atoms in total. The predicted octanol–water partition coefficient (Wildman–Crippen LogP) is 3.16. The molecule has 1 aromatic heterocycles. The normalized spacial score (nSPS) is 32.7. The second kappa shape index (κ2) is 5.32. The Hall–Kier alpha value is -0.380. The van der Waals surface area contributed by atoms with Gasteiger partial charge in [-0.2, -0.15) is 0 Å². The molecule has 100 valence electrons. The Balaban J connectivity index is 1.71. The SMILES string of the molecule is CNC1CC2CCCC(C1)N2Cc1ccc(C)s1. The molecule has 1 aromatic rings. The van der Waals surface area contributed by atoms with Crippen LogP contribution in [0.25, 0.3) is 0 Å². The van der Waals surface area contributed by atoms with E-state index in [1.165, 1.54) is 43.5 Å². The smallest absolute Gasteiger partial charge is 0.0333 e. The minimum Gasteiger partial charge on any atom is -0.317 e. The molecule has 0 radical (unpaired) electrons. The Morgan fingerprint density at radius 2 is 2.00 bits per heavy atom. The molecule has 0 spiro atoms. The van der Waals surface area contributed by atoms with Crippen molar-refractivity contribution in [3.8, 4) is 0 Å². The molecule has 2 bridgehead atoms. The van der Waals surface area contributed by atoms with Crippen LogP contribution in [0.4, 0.5) is 0 Å². The molecule has 18 heavy (non-hydrogen) atoms. The summed E-state index contributed by atoms with van der Waals surface area (Å²) in [5.41, 5.74) is 0. The number of hydrogen-bond acceptors (Lipinski definition) is 3. The fourth-order valence-corrected chi connectivity index (χ4v) is 4.62. The van der Waals surface area contributed by atoms with Gasteiger partial charge in [0.25, 0.3) is 0 Å². The van der Waals surface area contributed by atoms with Crippen LogP contribution in [-0.2, 0) is 6.54 Å². The van der Waals surface area contributed by atoms with Crippen molar-refractivity contribution >= 4 is 11.3 Å². The maximum atomic E-state index is 3.50. The molecule has 1 N–H and O–H groups in total. The highest BCUT2D eigenvalue weighted by Crippen LogP contribution is 2.35. The van der Waals surface area contributed by atoms with Gasteiger partial charge in [-0.15, -0.1) is 11.3 Å². The van der Waals surface area contributed by atoms with Gasteiger partial charge in [-0.05, 0) is 51.8 Å². The van der Waals surface area contributed by atoms with E-state index in [1.807, 2.05) is 11.3 Å². The Bertz CT molecular complexity index is 387. The standard InChI is InChI=1S/C15H24N2S/c1-11-6-7-15(18-11)10-17-13-4-3-5-14(17)9-12(8-13)16-2/h6-7,12-14,16H,3-5,8-10H2,1-2H3. The van der Waals surface area contributed by atoms with Crippen molar-refractivity contribution in [1.29, 1.82) is 0 Å². The zero-order valence-corrected chi connectivity index (χ0v) is 12.3. The molecule has 2 atom stereocenters. The van der Waals surface area contributed by atoms with Crippen LogP contribution < -0.4 is 5.32 Å². The van der Waals surface area contributed by atoms with Crippen molar-refractivity contribution in [2.75, 3.05) is 7.05 Å². The lowest BCUT2D eigenvalue weighted by Crippen LogP contribution is -2.55. The fraction of sp³-hybridized carbons (Fsp3) is 0.733. The molecule has 0 aromatic carbocycles. The third-order valence-electron chi connectivity index (χ3n) is 4.67. The summed E-state index contributed by atoms with van der Waals surface area (Å²) in [6, 6.07) is 6.96. The Morgan fingerprint density at radius 3 is 2.56 bits per heavy atom. The fourth-order valence-electron chi connectivity index (χ4n) is 3.72. The molecule has 0 aliphatic carbocycles. The summed E-state index contributed by atoms with van der Waals surface area (Å²) < 4.78 is 0. The van der Waals surface area contributed by atoms with Crippen LogP contribution in [0.1, 0.15) is 41.9 Å². The molecule has 3 heterocycles. The lowest BCUT2D eigenvalue weighted by molar-refractivity contribution is 0.0199. The first-order chi connectivity index (χ1) is 8.76. The van der Waals surface area contributed by atoms with E-state index in [2.05, 4.69) is 36.3 Å². The third-order valence-corrected chi connectivity index (χ3v) is 5.65. The minimum absolute atomic E-state index is 0.752. The van der Waals surface area contributed by atoms with E-state index < -0.39 is 0 Å². The Labute approximate surface area is 114 Å². The van der Waals surface area contributed by atoms with Gasteiger partial charge in [-0.25, -0.2) is 0 Å². The van der Waals surface area contributed by atoms with Gasteiger partial charge >= 0.3 is 0 Å². The summed E-state index contributed by atoms with van der Waals surface area (Å²) in [5.74, 6) is 0. The summed E-state index contributed by atoms with van der Waals surface area (Å²) in [4.78, 5) is 5.79. The van der Waals surface area contributed by atoms with Crippen molar-refractivity contribution in [2.45, 2.75) is 63.7 Å². The van der Waals surface area contributed by atoms with Gasteiger partial charge in [0.2, 0.25) is 0 Å². The first-order valence-electron chi connectivity index (χ1n) is 7.24. The average Bonchev–Trinajstić information content (AvgIpc) is 2.74. The van der Waals surface area contributed by atoms with Crippen LogP contribution in [0.3, 0.4) is 0 Å². The number of nitrogens with one attached hydrogen (secondary N) is 1. The quantitative estimate of drug-likeness (QED) is 0.902. The lowest BCUT2D eigenvalue weighted by atomic mass is 9.82. The van der Waals surface area contributed by atoms with Gasteiger partial charge in [-0.1, -0.05) is 6.42 Å². The lowest BCUT2D eigenvalue weighted by Gasteiger charge is -2.48. The van der Waals surface area contributed by atoms with Crippen LogP contribution in [-0.4, -0.2) is 30.1 Å². The maximum Gasteiger partial charge on any atom is 0.0333 e. The molecule has 2 unspecified atom stereocenters. The molecular weight excluding hydrogens is 240 g/mol. The predicted molar refractivity (Wildman–Crippen MR) is 78.1 cm³/mol. The summed E-state index contributed by atoms with van der Waals surface area (Å²) in [6.45, 7) is 3.40. The summed E-state index contributed by atoms with van der Waals surface area (Å²) in [5, 5.41) is 3.50. The molecule has 2 aliphatic heterocycles. The van der Waals surface area contributed by atoms with Gasteiger partial charge in [0.15, 0.2) is 0 Å². The monoisotopic (exact) mass is 264 g/mol. The number of rotatable bonds is 3. The third kappa shape index (κ3) is 2.49. The number of aryl methyl sites for hydroxylation is 1. The number of thiophene rings is 1. The molecule has 0 saturated carbocycles. The zero-order chi connectivity index (χ0) is 12.5. The molecule has 2 aliphatic rings. The molecule has 3 heteroatoms. The average molecular weight is 264 g/mol. The summed E-state index contributed by atoms with van der Waals surface area (Å²) in [6.07, 6.45) is 6.93. The van der Waals surface area contributed by atoms with Gasteiger partial charge in [0.1, 0.15) is 0 Å². The molecule has 0 amide bonds. The van der Waals surface area contributed by atoms with Gasteiger partial charge in [0.05, 0.1) is 0 Å². The van der Waals surface area contributed by atoms with E-state index in [9.17, 15) is 0 Å². The summed E-state index contributed by atoms with van der Waals surface area (Å²) in [7, 11) is 2.12. The van der Waals surface area contributed by atoms with Crippen molar-refractivity contribution in [3.63, 3.8) is 0 Å². The topological polar surface area (TPSA) is 15.3 Å². The van der Waals surface area contributed by atoms with E-state index >= 15 is 0 Å². The molecule has 2 fully saturated rings. The Morgan fingerprint density at radius 1 is 1.28 bits per heavy atom. The largest absolute Gasteiger partial charge is 0.317 e. The van der Waals surface area contributed by atoms with Crippen molar-refractivity contribution < 1.29 is 0 Å². The zero-order valence-electron chi connectivity index (χ0n) is 11.5. The number of fused-ring (bicyclic) bond motifs is 2. The van der Waals surface area contributed by atoms with E-state index in [-0.39, 0.29) is 0 Å². The Kier molecular flexibility index (Phi) is 3.73. The van der Waals surface area contributed by atoms with Crippen molar-refractivity contribution in [2.24, 2.45) is 0 Å². The van der Waals surface area contributed by atoms with Crippen LogP contribution in [0.5, 0.6) is 0 Å². The maximum absolute atomic E-state index is 3.50. The molecule has 3 rings (SSSR count). The highest BCUT2D eigenvalue weighted by atomic mass is 32.1. The van der Waals surface area contributed by atoms with E-state index in [4.69, 9.17) is 0 Å². The van der Waals surface area contributed by atoms with E-state index in [0.29, 0.717) is 0 Å². The summed E-state index contributed by atoms with van der Waals surface area (Å²) >= 11 is 1.97. The number of piperidine rings is 2. The molecular formula is C15H24N2S. The van der Waals surface area contributed by atoms with E-state index in [0.717, 1.165) is 18.1 Å². The van der Waals surface area contributed by atoms with Crippen LogP contribution in [0, 0.1) is 6.92 Å². The molecule has 2 saturated heterocycles. The van der Waals surface area contributed by atoms with Gasteiger partial charge in [0, 0.05) is 34.4 Å². The van der Waals surface area contributed by atoms with Crippen LogP contribution >= 0.6 is 11.3 Å². The first kappa shape index (κ1) is 12.6. The van der Waals surface area contributed by atoms with Gasteiger partial charge in [-0.3, -0.25) is 4.90 Å². The highest BCUT2D eigenvalue weighted by Gasteiger charge is 2.37. The van der Waals surface area contributed by atoms with E-state index in [1.54, 1.807) is 4.88 Å². The highest BCUT2D eigenvalue weighted by molar-refractivity contribution is 7.11. The number of hydrogen-bond donors (Lipinski definition) is 1. The minimum atomic E-state index is 0.752. The van der Waals surface area contributed by atoms with Crippen molar-refractivity contribution in [1.82, 2.24) is 10.2 Å². The van der Waals surface area contributed by atoms with Crippen LogP contribution in [0.15, 0.2) is 12.1 Å². The second-order valence-corrected chi connectivity index (χ2v) is 7.25. The second-order valence-electron chi connectivity index (χ2n) is 5.88. The number of nitrogens with zero attached hydrogens (tertiary/aromatic N) is 1. The van der Waals surface area contributed by atoms with Crippen LogP contribution in [0.2, 0.25) is 0 Å². The van der Waals surface area contributed by atoms with Gasteiger partial charge < -0.3 is 5.32 Å². The van der Waals surface area contributed by atoms with Crippen molar-refractivity contribution in [3.05, 3.63) is 21.9 Å².